The summed E-state index contributed by atoms with van der Waals surface area (Å²) in [4.78, 5) is 13.0. The zero-order chi connectivity index (χ0) is 17.6. The summed E-state index contributed by atoms with van der Waals surface area (Å²) in [5.41, 5.74) is 2.53. The number of anilines is 3. The molecule has 0 aliphatic heterocycles. The molecule has 2 heterocycles. The van der Waals surface area contributed by atoms with Crippen LogP contribution in [-0.4, -0.2) is 36.2 Å². The molecule has 0 amide bonds. The maximum atomic E-state index is 5.42. The van der Waals surface area contributed by atoms with E-state index in [1.54, 1.807) is 33.7 Å². The third kappa shape index (κ3) is 3.77. The first kappa shape index (κ1) is 16.5. The summed E-state index contributed by atoms with van der Waals surface area (Å²) in [7, 11) is 5.01. The van der Waals surface area contributed by atoms with Crippen molar-refractivity contribution >= 4 is 17.5 Å². The quantitative estimate of drug-likeness (QED) is 0.714. The molecule has 0 spiro atoms. The van der Waals surface area contributed by atoms with E-state index < -0.39 is 0 Å². The minimum Gasteiger partial charge on any atom is -0.497 e. The summed E-state index contributed by atoms with van der Waals surface area (Å²) in [5.74, 6) is 2.55. The molecule has 0 radical (unpaired) electrons. The Bertz CT molecular complexity index is 855. The average Bonchev–Trinajstić information content (AvgIpc) is 2.68. The van der Waals surface area contributed by atoms with Crippen LogP contribution in [0.15, 0.2) is 48.8 Å². The van der Waals surface area contributed by atoms with Crippen LogP contribution in [0.1, 0.15) is 0 Å². The lowest BCUT2D eigenvalue weighted by Gasteiger charge is -2.13. The van der Waals surface area contributed by atoms with Gasteiger partial charge in [0.1, 0.15) is 17.3 Å². The Kier molecular flexibility index (Phi) is 4.94. The minimum atomic E-state index is 0.518. The molecule has 1 aromatic carbocycles. The van der Waals surface area contributed by atoms with Crippen LogP contribution < -0.4 is 20.1 Å². The summed E-state index contributed by atoms with van der Waals surface area (Å²) < 4.78 is 10.6. The molecule has 0 bridgehead atoms. The van der Waals surface area contributed by atoms with Crippen molar-refractivity contribution in [1.29, 1.82) is 0 Å². The molecule has 3 aromatic rings. The first-order valence-corrected chi connectivity index (χ1v) is 7.69. The normalized spacial score (nSPS) is 10.2. The number of benzene rings is 1. The molecule has 0 aliphatic carbocycles. The van der Waals surface area contributed by atoms with Crippen molar-refractivity contribution in [3.05, 3.63) is 48.8 Å². The maximum Gasteiger partial charge on any atom is 0.224 e. The van der Waals surface area contributed by atoms with Gasteiger partial charge in [-0.1, -0.05) is 0 Å². The molecule has 0 atom stereocenters. The Morgan fingerprint density at radius 1 is 0.920 bits per heavy atom. The standard InChI is InChI=1S/C18H19N5O2/c1-19-18-22-15(12-6-8-20-9-7-12)11-17(23-18)21-14-5-4-13(24-2)10-16(14)25-3/h4-11H,1-3H3,(H2,19,21,22,23). The summed E-state index contributed by atoms with van der Waals surface area (Å²) in [5, 5.41) is 6.25. The molecule has 128 valence electrons. The molecule has 0 unspecified atom stereocenters. The highest BCUT2D eigenvalue weighted by Crippen LogP contribution is 2.32. The number of rotatable bonds is 6. The van der Waals surface area contributed by atoms with Crippen molar-refractivity contribution in [2.75, 3.05) is 31.9 Å². The first-order valence-electron chi connectivity index (χ1n) is 7.69. The number of methoxy groups -OCH3 is 2. The second-order valence-electron chi connectivity index (χ2n) is 5.14. The number of hydrogen-bond acceptors (Lipinski definition) is 7. The lowest BCUT2D eigenvalue weighted by Crippen LogP contribution is -2.03. The molecular formula is C18H19N5O2. The van der Waals surface area contributed by atoms with Gasteiger partial charge in [0.15, 0.2) is 0 Å². The zero-order valence-corrected chi connectivity index (χ0v) is 14.3. The van der Waals surface area contributed by atoms with E-state index in [-0.39, 0.29) is 0 Å². The Labute approximate surface area is 146 Å². The number of hydrogen-bond donors (Lipinski definition) is 2. The van der Waals surface area contributed by atoms with E-state index in [9.17, 15) is 0 Å². The third-order valence-corrected chi connectivity index (χ3v) is 3.60. The van der Waals surface area contributed by atoms with E-state index in [1.807, 2.05) is 36.4 Å². The Morgan fingerprint density at radius 2 is 1.72 bits per heavy atom. The third-order valence-electron chi connectivity index (χ3n) is 3.60. The molecule has 2 N–H and O–H groups in total. The average molecular weight is 337 g/mol. The van der Waals surface area contributed by atoms with Crippen LogP contribution >= 0.6 is 0 Å². The Morgan fingerprint density at radius 3 is 2.40 bits per heavy atom. The lowest BCUT2D eigenvalue weighted by atomic mass is 10.2. The van der Waals surface area contributed by atoms with Gasteiger partial charge in [0.25, 0.3) is 0 Å². The number of nitrogens with one attached hydrogen (secondary N) is 2. The van der Waals surface area contributed by atoms with E-state index in [4.69, 9.17) is 9.47 Å². The largest absolute Gasteiger partial charge is 0.497 e. The molecule has 0 saturated carbocycles. The van der Waals surface area contributed by atoms with Gasteiger partial charge < -0.3 is 20.1 Å². The van der Waals surface area contributed by atoms with Crippen molar-refractivity contribution in [3.63, 3.8) is 0 Å². The fourth-order valence-electron chi connectivity index (χ4n) is 2.33. The van der Waals surface area contributed by atoms with E-state index in [0.29, 0.717) is 17.5 Å². The van der Waals surface area contributed by atoms with E-state index in [0.717, 1.165) is 22.7 Å². The predicted molar refractivity (Wildman–Crippen MR) is 97.6 cm³/mol. The first-order chi connectivity index (χ1) is 12.2. The topological polar surface area (TPSA) is 81.2 Å². The van der Waals surface area contributed by atoms with E-state index >= 15 is 0 Å². The summed E-state index contributed by atoms with van der Waals surface area (Å²) in [6, 6.07) is 11.2. The summed E-state index contributed by atoms with van der Waals surface area (Å²) in [6.07, 6.45) is 3.46. The van der Waals surface area contributed by atoms with Crippen molar-refractivity contribution in [2.24, 2.45) is 0 Å². The van der Waals surface area contributed by atoms with Gasteiger partial charge in [-0.05, 0) is 24.3 Å². The highest BCUT2D eigenvalue weighted by atomic mass is 16.5. The van der Waals surface area contributed by atoms with Crippen LogP contribution in [-0.2, 0) is 0 Å². The molecule has 3 rings (SSSR count). The molecule has 0 saturated heterocycles. The molecular weight excluding hydrogens is 318 g/mol. The molecule has 2 aromatic heterocycles. The monoisotopic (exact) mass is 337 g/mol. The molecule has 25 heavy (non-hydrogen) atoms. The van der Waals surface area contributed by atoms with Crippen LogP contribution in [0.2, 0.25) is 0 Å². The minimum absolute atomic E-state index is 0.518. The second kappa shape index (κ2) is 7.48. The van der Waals surface area contributed by atoms with Gasteiger partial charge in [0, 0.05) is 37.1 Å². The van der Waals surface area contributed by atoms with Crippen LogP contribution in [0, 0.1) is 0 Å². The fourth-order valence-corrected chi connectivity index (χ4v) is 2.33. The van der Waals surface area contributed by atoms with Gasteiger partial charge in [-0.3, -0.25) is 4.98 Å². The lowest BCUT2D eigenvalue weighted by molar-refractivity contribution is 0.395. The zero-order valence-electron chi connectivity index (χ0n) is 14.3. The molecule has 7 heteroatoms. The molecule has 0 fully saturated rings. The van der Waals surface area contributed by atoms with Crippen molar-refractivity contribution in [3.8, 4) is 22.8 Å². The Balaban J connectivity index is 1.98. The maximum absolute atomic E-state index is 5.42. The van der Waals surface area contributed by atoms with Crippen LogP contribution in [0.3, 0.4) is 0 Å². The van der Waals surface area contributed by atoms with Gasteiger partial charge in [-0.15, -0.1) is 0 Å². The van der Waals surface area contributed by atoms with Crippen molar-refractivity contribution in [2.45, 2.75) is 0 Å². The number of pyridine rings is 1. The smallest absolute Gasteiger partial charge is 0.224 e. The highest BCUT2D eigenvalue weighted by molar-refractivity contribution is 5.70. The van der Waals surface area contributed by atoms with Crippen molar-refractivity contribution in [1.82, 2.24) is 15.0 Å². The summed E-state index contributed by atoms with van der Waals surface area (Å²) in [6.45, 7) is 0. The van der Waals surface area contributed by atoms with E-state index in [2.05, 4.69) is 25.6 Å². The van der Waals surface area contributed by atoms with Gasteiger partial charge in [0.05, 0.1) is 25.6 Å². The number of ether oxygens (including phenoxy) is 2. The Hall–Kier alpha value is -3.35. The molecule has 7 nitrogen and oxygen atoms in total. The summed E-state index contributed by atoms with van der Waals surface area (Å²) >= 11 is 0. The van der Waals surface area contributed by atoms with Crippen LogP contribution in [0.5, 0.6) is 11.5 Å². The van der Waals surface area contributed by atoms with Gasteiger partial charge in [0.2, 0.25) is 5.95 Å². The predicted octanol–water partition coefficient (Wildman–Crippen LogP) is 3.34. The van der Waals surface area contributed by atoms with Crippen molar-refractivity contribution < 1.29 is 9.47 Å². The van der Waals surface area contributed by atoms with Gasteiger partial charge in [-0.25, -0.2) is 4.98 Å². The van der Waals surface area contributed by atoms with Gasteiger partial charge >= 0.3 is 0 Å². The number of nitrogens with zero attached hydrogens (tertiary/aromatic N) is 3. The number of aromatic nitrogens is 3. The fraction of sp³-hybridized carbons (Fsp3) is 0.167. The molecule has 0 aliphatic rings. The second-order valence-corrected chi connectivity index (χ2v) is 5.14. The highest BCUT2D eigenvalue weighted by Gasteiger charge is 2.10. The van der Waals surface area contributed by atoms with Crippen LogP contribution in [0.4, 0.5) is 17.5 Å². The SMILES string of the molecule is CNc1nc(Nc2ccc(OC)cc2OC)cc(-c2ccncc2)n1. The van der Waals surface area contributed by atoms with E-state index in [1.165, 1.54) is 0 Å². The van der Waals surface area contributed by atoms with Gasteiger partial charge in [-0.2, -0.15) is 4.98 Å². The van der Waals surface area contributed by atoms with Crippen LogP contribution in [0.25, 0.3) is 11.3 Å².